The first-order chi connectivity index (χ1) is 13.1. The predicted molar refractivity (Wildman–Crippen MR) is 108 cm³/mol. The lowest BCUT2D eigenvalue weighted by Crippen LogP contribution is -2.42. The van der Waals surface area contributed by atoms with E-state index in [-0.39, 0.29) is 0 Å². The summed E-state index contributed by atoms with van der Waals surface area (Å²) in [6.07, 6.45) is 7.09. The van der Waals surface area contributed by atoms with E-state index in [2.05, 4.69) is 48.1 Å². The molecule has 0 aromatic carbocycles. The van der Waals surface area contributed by atoms with Gasteiger partial charge in [-0.3, -0.25) is 9.88 Å². The molecule has 142 valence electrons. The highest BCUT2D eigenvalue weighted by molar-refractivity contribution is 5.56. The molecule has 4 rings (SSSR count). The van der Waals surface area contributed by atoms with Crippen molar-refractivity contribution in [3.8, 4) is 0 Å². The quantitative estimate of drug-likeness (QED) is 0.752. The van der Waals surface area contributed by atoms with Crippen molar-refractivity contribution in [2.45, 2.75) is 52.6 Å². The zero-order valence-corrected chi connectivity index (χ0v) is 16.4. The standard InChI is InChI=1S/C21H28N6/c1-4-18-11-20(27-21(24-18)15(2)16(3)25-27)23-19-8-6-10-26(14-19)13-17-7-5-9-22-12-17/h5,7,9,11-12,19,23H,4,6,8,10,13-14H2,1-3H3/t19-/m0/s1. The van der Waals surface area contributed by atoms with E-state index in [4.69, 9.17) is 10.1 Å². The highest BCUT2D eigenvalue weighted by Gasteiger charge is 2.21. The fourth-order valence-corrected chi connectivity index (χ4v) is 3.84. The zero-order chi connectivity index (χ0) is 18.8. The van der Waals surface area contributed by atoms with Gasteiger partial charge in [-0.05, 0) is 51.3 Å². The Hall–Kier alpha value is -2.47. The molecule has 1 atom stereocenters. The SMILES string of the molecule is CCc1cc(N[C@H]2CCCN(Cc3cccnc3)C2)n2nc(C)c(C)c2n1. The Labute approximate surface area is 160 Å². The number of likely N-dealkylation sites (tertiary alicyclic amines) is 1. The monoisotopic (exact) mass is 364 g/mol. The number of pyridine rings is 1. The second-order valence-electron chi connectivity index (χ2n) is 7.51. The fourth-order valence-electron chi connectivity index (χ4n) is 3.84. The van der Waals surface area contributed by atoms with Crippen LogP contribution in [0, 0.1) is 13.8 Å². The Morgan fingerprint density at radius 3 is 2.96 bits per heavy atom. The number of nitrogens with zero attached hydrogens (tertiary/aromatic N) is 5. The molecule has 0 amide bonds. The van der Waals surface area contributed by atoms with Crippen molar-refractivity contribution in [3.63, 3.8) is 0 Å². The zero-order valence-electron chi connectivity index (χ0n) is 16.4. The maximum atomic E-state index is 4.78. The van der Waals surface area contributed by atoms with Crippen LogP contribution in [-0.2, 0) is 13.0 Å². The van der Waals surface area contributed by atoms with Crippen molar-refractivity contribution in [1.29, 1.82) is 0 Å². The van der Waals surface area contributed by atoms with E-state index < -0.39 is 0 Å². The molecule has 1 saturated heterocycles. The lowest BCUT2D eigenvalue weighted by Gasteiger charge is -2.33. The van der Waals surface area contributed by atoms with Crippen molar-refractivity contribution in [1.82, 2.24) is 24.5 Å². The molecule has 1 fully saturated rings. The Morgan fingerprint density at radius 2 is 2.19 bits per heavy atom. The van der Waals surface area contributed by atoms with E-state index in [1.54, 1.807) is 0 Å². The molecule has 0 radical (unpaired) electrons. The number of aryl methyl sites for hydroxylation is 3. The van der Waals surface area contributed by atoms with Gasteiger partial charge in [0, 0.05) is 48.8 Å². The van der Waals surface area contributed by atoms with Crippen LogP contribution in [0.2, 0.25) is 0 Å². The first kappa shape index (κ1) is 17.9. The van der Waals surface area contributed by atoms with Crippen LogP contribution in [0.3, 0.4) is 0 Å². The van der Waals surface area contributed by atoms with Gasteiger partial charge in [0.25, 0.3) is 0 Å². The summed E-state index contributed by atoms with van der Waals surface area (Å²) in [4.78, 5) is 11.5. The number of rotatable bonds is 5. The summed E-state index contributed by atoms with van der Waals surface area (Å²) < 4.78 is 1.98. The van der Waals surface area contributed by atoms with Gasteiger partial charge in [0.15, 0.2) is 5.65 Å². The Morgan fingerprint density at radius 1 is 1.30 bits per heavy atom. The molecule has 0 unspecified atom stereocenters. The summed E-state index contributed by atoms with van der Waals surface area (Å²) in [5, 5.41) is 8.47. The Bertz CT molecular complexity index is 917. The summed E-state index contributed by atoms with van der Waals surface area (Å²) in [7, 11) is 0. The molecule has 0 aliphatic carbocycles. The number of anilines is 1. The molecule has 0 spiro atoms. The van der Waals surface area contributed by atoms with E-state index in [1.807, 2.05) is 23.0 Å². The van der Waals surface area contributed by atoms with Gasteiger partial charge in [-0.1, -0.05) is 13.0 Å². The Balaban J connectivity index is 1.54. The molecular formula is C21H28N6. The minimum atomic E-state index is 0.413. The maximum absolute atomic E-state index is 4.78. The highest BCUT2D eigenvalue weighted by Crippen LogP contribution is 2.22. The number of hydrogen-bond acceptors (Lipinski definition) is 5. The lowest BCUT2D eigenvalue weighted by molar-refractivity contribution is 0.208. The Kier molecular flexibility index (Phi) is 5.07. The second kappa shape index (κ2) is 7.64. The van der Waals surface area contributed by atoms with Crippen molar-refractivity contribution < 1.29 is 0 Å². The van der Waals surface area contributed by atoms with E-state index in [1.165, 1.54) is 18.4 Å². The molecule has 27 heavy (non-hydrogen) atoms. The topological polar surface area (TPSA) is 58.4 Å². The summed E-state index contributed by atoms with van der Waals surface area (Å²) in [6, 6.07) is 6.73. The number of nitrogens with one attached hydrogen (secondary N) is 1. The number of piperidine rings is 1. The van der Waals surface area contributed by atoms with Crippen LogP contribution in [-0.4, -0.2) is 43.6 Å². The van der Waals surface area contributed by atoms with E-state index >= 15 is 0 Å². The van der Waals surface area contributed by atoms with Gasteiger partial charge in [-0.15, -0.1) is 0 Å². The van der Waals surface area contributed by atoms with Crippen molar-refractivity contribution >= 4 is 11.5 Å². The van der Waals surface area contributed by atoms with Crippen LogP contribution in [0.5, 0.6) is 0 Å². The van der Waals surface area contributed by atoms with Crippen LogP contribution in [0.25, 0.3) is 5.65 Å². The number of aromatic nitrogens is 4. The van der Waals surface area contributed by atoms with Gasteiger partial charge in [-0.2, -0.15) is 9.61 Å². The molecule has 1 N–H and O–H groups in total. The molecule has 0 saturated carbocycles. The first-order valence-electron chi connectivity index (χ1n) is 9.87. The lowest BCUT2D eigenvalue weighted by atomic mass is 10.0. The summed E-state index contributed by atoms with van der Waals surface area (Å²) >= 11 is 0. The molecule has 6 nitrogen and oxygen atoms in total. The molecule has 3 aromatic heterocycles. The fraction of sp³-hybridized carbons (Fsp3) is 0.476. The van der Waals surface area contributed by atoms with Crippen molar-refractivity contribution in [2.75, 3.05) is 18.4 Å². The first-order valence-corrected chi connectivity index (χ1v) is 9.87. The third kappa shape index (κ3) is 3.81. The third-order valence-corrected chi connectivity index (χ3v) is 5.46. The summed E-state index contributed by atoms with van der Waals surface area (Å²) in [6.45, 7) is 9.42. The number of hydrogen-bond donors (Lipinski definition) is 1. The second-order valence-corrected chi connectivity index (χ2v) is 7.51. The minimum Gasteiger partial charge on any atom is -0.366 e. The van der Waals surface area contributed by atoms with Gasteiger partial charge in [-0.25, -0.2) is 4.98 Å². The van der Waals surface area contributed by atoms with Crippen LogP contribution >= 0.6 is 0 Å². The van der Waals surface area contributed by atoms with Crippen LogP contribution in [0.1, 0.15) is 42.3 Å². The van der Waals surface area contributed by atoms with E-state index in [0.29, 0.717) is 6.04 Å². The van der Waals surface area contributed by atoms with Gasteiger partial charge >= 0.3 is 0 Å². The molecule has 6 heteroatoms. The minimum absolute atomic E-state index is 0.413. The summed E-state index contributed by atoms with van der Waals surface area (Å²) in [5.74, 6) is 1.06. The summed E-state index contributed by atoms with van der Waals surface area (Å²) in [5.41, 5.74) is 5.56. The third-order valence-electron chi connectivity index (χ3n) is 5.46. The molecule has 0 bridgehead atoms. The van der Waals surface area contributed by atoms with Crippen LogP contribution in [0.4, 0.5) is 5.82 Å². The van der Waals surface area contributed by atoms with Crippen molar-refractivity contribution in [2.24, 2.45) is 0 Å². The van der Waals surface area contributed by atoms with E-state index in [0.717, 1.165) is 54.5 Å². The molecule has 1 aliphatic rings. The highest BCUT2D eigenvalue weighted by atomic mass is 15.3. The molecule has 4 heterocycles. The smallest absolute Gasteiger partial charge is 0.160 e. The van der Waals surface area contributed by atoms with Crippen LogP contribution < -0.4 is 5.32 Å². The molecular weight excluding hydrogens is 336 g/mol. The molecule has 3 aromatic rings. The van der Waals surface area contributed by atoms with Gasteiger partial charge in [0.05, 0.1) is 5.69 Å². The van der Waals surface area contributed by atoms with Crippen LogP contribution in [0.15, 0.2) is 30.6 Å². The van der Waals surface area contributed by atoms with E-state index in [9.17, 15) is 0 Å². The largest absolute Gasteiger partial charge is 0.366 e. The van der Waals surface area contributed by atoms with Gasteiger partial charge in [0.2, 0.25) is 0 Å². The average molecular weight is 364 g/mol. The maximum Gasteiger partial charge on any atom is 0.160 e. The average Bonchev–Trinajstić information content (AvgIpc) is 2.97. The number of fused-ring (bicyclic) bond motifs is 1. The normalized spacial score (nSPS) is 18.1. The molecule has 1 aliphatic heterocycles. The van der Waals surface area contributed by atoms with Gasteiger partial charge in [0.1, 0.15) is 5.82 Å². The van der Waals surface area contributed by atoms with Crippen molar-refractivity contribution in [3.05, 3.63) is 53.1 Å². The van der Waals surface area contributed by atoms with Gasteiger partial charge < -0.3 is 5.32 Å². The predicted octanol–water partition coefficient (Wildman–Crippen LogP) is 3.38.